The predicted molar refractivity (Wildman–Crippen MR) is 80.3 cm³/mol. The number of benzene rings is 1. The van der Waals surface area contributed by atoms with Gasteiger partial charge < -0.3 is 0 Å². The van der Waals surface area contributed by atoms with Crippen molar-refractivity contribution in [3.05, 3.63) is 25.1 Å². The van der Waals surface area contributed by atoms with Gasteiger partial charge in [0, 0.05) is 6.54 Å². The van der Waals surface area contributed by atoms with Crippen LogP contribution in [-0.4, -0.2) is 6.54 Å². The molecule has 0 saturated heterocycles. The van der Waals surface area contributed by atoms with Crippen molar-refractivity contribution in [2.75, 3.05) is 6.54 Å². The van der Waals surface area contributed by atoms with Gasteiger partial charge in [-0.15, -0.1) is 0 Å². The zero-order valence-electron chi connectivity index (χ0n) is 8.92. The quantitative estimate of drug-likeness (QED) is 0.286. The molecular weight excluding hydrogens is 343 g/mol. The molecule has 1 aromatic rings. The van der Waals surface area contributed by atoms with Gasteiger partial charge in [-0.05, 0) is 18.4 Å². The molecule has 0 unspecified atom stereocenters. The van der Waals surface area contributed by atoms with Gasteiger partial charge >= 0.3 is 0 Å². The smallest absolute Gasteiger partial charge is 0.0809 e. The summed E-state index contributed by atoms with van der Waals surface area (Å²) in [5.41, 5.74) is 0. The fourth-order valence-electron chi connectivity index (χ4n) is 1.05. The number of unbranched alkanes of at least 4 members (excludes halogenated alkanes) is 1. The zero-order chi connectivity index (χ0) is 13.0. The summed E-state index contributed by atoms with van der Waals surface area (Å²) in [6, 6.07) is 0. The SMILES string of the molecule is CCCCNSc1c(Cl)c(Cl)c(Cl)c(Cl)c1Cl. The molecule has 0 spiro atoms. The van der Waals surface area contributed by atoms with E-state index in [0.717, 1.165) is 19.4 Å². The maximum Gasteiger partial charge on any atom is 0.0809 e. The summed E-state index contributed by atoms with van der Waals surface area (Å²) < 4.78 is 3.15. The predicted octanol–water partition coefficient (Wildman–Crippen LogP) is 6.35. The van der Waals surface area contributed by atoms with Crippen LogP contribution in [0.2, 0.25) is 25.1 Å². The molecule has 1 aromatic carbocycles. The summed E-state index contributed by atoms with van der Waals surface area (Å²) in [6.07, 6.45) is 2.18. The van der Waals surface area contributed by atoms with Crippen molar-refractivity contribution in [2.24, 2.45) is 0 Å². The fraction of sp³-hybridized carbons (Fsp3) is 0.400. The molecular formula is C10H10Cl5NS. The van der Waals surface area contributed by atoms with Gasteiger partial charge in [-0.2, -0.15) is 0 Å². The molecule has 0 saturated carbocycles. The second-order valence-corrected chi connectivity index (χ2v) is 6.04. The number of nitrogens with one attached hydrogen (secondary N) is 1. The fourth-order valence-corrected chi connectivity index (χ4v) is 3.30. The molecule has 0 atom stereocenters. The van der Waals surface area contributed by atoms with Crippen LogP contribution in [0.15, 0.2) is 4.90 Å². The van der Waals surface area contributed by atoms with E-state index < -0.39 is 0 Å². The van der Waals surface area contributed by atoms with E-state index in [1.54, 1.807) is 0 Å². The molecule has 1 rings (SSSR count). The normalized spacial score (nSPS) is 10.9. The van der Waals surface area contributed by atoms with Gasteiger partial charge in [-0.1, -0.05) is 71.3 Å². The molecule has 0 fully saturated rings. The minimum Gasteiger partial charge on any atom is -0.260 e. The first-order valence-electron chi connectivity index (χ1n) is 4.91. The van der Waals surface area contributed by atoms with E-state index in [2.05, 4.69) is 11.6 Å². The first-order chi connectivity index (χ1) is 8.00. The second kappa shape index (κ2) is 7.54. The van der Waals surface area contributed by atoms with E-state index in [4.69, 9.17) is 58.0 Å². The average Bonchev–Trinajstić information content (AvgIpc) is 2.33. The highest BCUT2D eigenvalue weighted by Gasteiger charge is 2.19. The highest BCUT2D eigenvalue weighted by molar-refractivity contribution is 7.97. The van der Waals surface area contributed by atoms with Crippen molar-refractivity contribution in [3.63, 3.8) is 0 Å². The number of hydrogen-bond donors (Lipinski definition) is 1. The topological polar surface area (TPSA) is 12.0 Å². The summed E-state index contributed by atoms with van der Waals surface area (Å²) in [5, 5.41) is 1.27. The van der Waals surface area contributed by atoms with Crippen molar-refractivity contribution in [1.82, 2.24) is 4.72 Å². The minimum atomic E-state index is 0.182. The molecule has 0 bridgehead atoms. The molecule has 0 radical (unpaired) electrons. The van der Waals surface area contributed by atoms with Crippen molar-refractivity contribution in [1.29, 1.82) is 0 Å². The van der Waals surface area contributed by atoms with Crippen LogP contribution in [0.5, 0.6) is 0 Å². The Hall–Kier alpha value is 0.980. The van der Waals surface area contributed by atoms with Gasteiger partial charge in [0.1, 0.15) is 0 Å². The molecule has 1 nitrogen and oxygen atoms in total. The lowest BCUT2D eigenvalue weighted by molar-refractivity contribution is 0.776. The van der Waals surface area contributed by atoms with Crippen LogP contribution < -0.4 is 4.72 Å². The van der Waals surface area contributed by atoms with Gasteiger partial charge in [0.25, 0.3) is 0 Å². The lowest BCUT2D eigenvalue weighted by atomic mass is 10.3. The van der Waals surface area contributed by atoms with Crippen LogP contribution in [0.1, 0.15) is 19.8 Å². The number of hydrogen-bond acceptors (Lipinski definition) is 2. The summed E-state index contributed by atoms with van der Waals surface area (Å²) in [6.45, 7) is 2.97. The summed E-state index contributed by atoms with van der Waals surface area (Å²) in [7, 11) is 0. The molecule has 0 heterocycles. The Morgan fingerprint density at radius 1 is 0.882 bits per heavy atom. The summed E-state index contributed by atoms with van der Waals surface area (Å²) in [5.74, 6) is 0. The molecule has 0 amide bonds. The molecule has 7 heteroatoms. The molecule has 0 aliphatic carbocycles. The highest BCUT2D eigenvalue weighted by Crippen LogP contribution is 2.47. The van der Waals surface area contributed by atoms with Gasteiger partial charge in [-0.3, -0.25) is 4.72 Å². The average molecular weight is 354 g/mol. The second-order valence-electron chi connectivity index (χ2n) is 3.25. The van der Waals surface area contributed by atoms with E-state index in [9.17, 15) is 0 Å². The van der Waals surface area contributed by atoms with E-state index >= 15 is 0 Å². The lowest BCUT2D eigenvalue weighted by Gasteiger charge is -2.12. The lowest BCUT2D eigenvalue weighted by Crippen LogP contribution is -2.05. The van der Waals surface area contributed by atoms with E-state index in [0.29, 0.717) is 14.9 Å². The van der Waals surface area contributed by atoms with Crippen molar-refractivity contribution in [3.8, 4) is 0 Å². The van der Waals surface area contributed by atoms with Crippen LogP contribution in [0.4, 0.5) is 0 Å². The Labute approximate surface area is 130 Å². The molecule has 0 aromatic heterocycles. The van der Waals surface area contributed by atoms with Crippen molar-refractivity contribution < 1.29 is 0 Å². The van der Waals surface area contributed by atoms with Crippen LogP contribution in [0.25, 0.3) is 0 Å². The first-order valence-corrected chi connectivity index (χ1v) is 7.62. The first kappa shape index (κ1) is 16.0. The van der Waals surface area contributed by atoms with Gasteiger partial charge in [0.05, 0.1) is 30.0 Å². The van der Waals surface area contributed by atoms with E-state index in [-0.39, 0.29) is 15.1 Å². The molecule has 96 valence electrons. The number of halogens is 5. The van der Waals surface area contributed by atoms with Gasteiger partial charge in [-0.25, -0.2) is 0 Å². The van der Waals surface area contributed by atoms with Crippen molar-refractivity contribution >= 4 is 70.0 Å². The monoisotopic (exact) mass is 351 g/mol. The van der Waals surface area contributed by atoms with Crippen LogP contribution in [0.3, 0.4) is 0 Å². The van der Waals surface area contributed by atoms with Crippen LogP contribution in [-0.2, 0) is 0 Å². The molecule has 1 N–H and O–H groups in total. The van der Waals surface area contributed by atoms with E-state index in [1.807, 2.05) is 0 Å². The Morgan fingerprint density at radius 2 is 1.35 bits per heavy atom. The van der Waals surface area contributed by atoms with Gasteiger partial charge in [0.15, 0.2) is 0 Å². The highest BCUT2D eigenvalue weighted by atomic mass is 35.5. The van der Waals surface area contributed by atoms with Gasteiger partial charge in [0.2, 0.25) is 0 Å². The molecule has 0 aliphatic heterocycles. The Bertz CT molecular complexity index is 381. The third-order valence-corrected chi connectivity index (χ3v) is 5.44. The summed E-state index contributed by atoms with van der Waals surface area (Å²) >= 11 is 31.2. The van der Waals surface area contributed by atoms with Crippen LogP contribution >= 0.6 is 70.0 Å². The molecule has 0 aliphatic rings. The summed E-state index contributed by atoms with van der Waals surface area (Å²) in [4.78, 5) is 0.601. The zero-order valence-corrected chi connectivity index (χ0v) is 13.5. The number of rotatable bonds is 5. The maximum absolute atomic E-state index is 6.07. The van der Waals surface area contributed by atoms with E-state index in [1.165, 1.54) is 11.9 Å². The standard InChI is InChI=1S/C10H10Cl5NS/c1-2-3-4-16-17-10-8(14)6(12)5(11)7(13)9(10)15/h16H,2-4H2,1H3. The Kier molecular flexibility index (Phi) is 7.11. The Balaban J connectivity index is 2.92. The largest absolute Gasteiger partial charge is 0.260 e. The molecule has 17 heavy (non-hydrogen) atoms. The third-order valence-electron chi connectivity index (χ3n) is 1.98. The minimum absolute atomic E-state index is 0.182. The Morgan fingerprint density at radius 3 is 1.82 bits per heavy atom. The van der Waals surface area contributed by atoms with Crippen LogP contribution in [0, 0.1) is 0 Å². The maximum atomic E-state index is 6.07. The third kappa shape index (κ3) is 3.97. The van der Waals surface area contributed by atoms with Crippen molar-refractivity contribution in [2.45, 2.75) is 24.7 Å².